The van der Waals surface area contributed by atoms with Gasteiger partial charge in [0.05, 0.1) is 0 Å². The lowest BCUT2D eigenvalue weighted by molar-refractivity contribution is 0.0147. The number of nitrogens with zero attached hydrogens (tertiary/aromatic N) is 3. The Balaban J connectivity index is 1.97. The molecule has 1 atom stereocenters. The minimum absolute atomic E-state index is 0.137. The van der Waals surface area contributed by atoms with Gasteiger partial charge < -0.3 is 9.30 Å². The molecule has 2 aromatic rings. The second kappa shape index (κ2) is 5.48. The Kier molecular flexibility index (Phi) is 3.64. The Hall–Kier alpha value is -2.30. The fourth-order valence-corrected chi connectivity index (χ4v) is 2.80. The molecule has 1 amide bonds. The van der Waals surface area contributed by atoms with Crippen molar-refractivity contribution in [1.29, 1.82) is 0 Å². The van der Waals surface area contributed by atoms with Crippen LogP contribution in [0, 0.1) is 0 Å². The van der Waals surface area contributed by atoms with Gasteiger partial charge in [-0.15, -0.1) is 0 Å². The number of hydrogen-bond donors (Lipinski definition) is 0. The molecule has 1 aliphatic rings. The molecule has 0 spiro atoms. The van der Waals surface area contributed by atoms with Crippen molar-refractivity contribution >= 4 is 6.09 Å². The number of ether oxygens (including phenoxy) is 1. The summed E-state index contributed by atoms with van der Waals surface area (Å²) < 4.78 is 7.77. The number of carbonyl (C=O) groups excluding carboxylic acids is 1. The summed E-state index contributed by atoms with van der Waals surface area (Å²) in [7, 11) is 0. The smallest absolute Gasteiger partial charge is 0.411 e. The normalized spacial score (nSPS) is 18.0. The molecule has 3 heterocycles. The van der Waals surface area contributed by atoms with Gasteiger partial charge >= 0.3 is 6.09 Å². The lowest BCUT2D eigenvalue weighted by atomic mass is 10.0. The average molecular weight is 299 g/mol. The largest absolute Gasteiger partial charge is 0.444 e. The van der Waals surface area contributed by atoms with Crippen molar-refractivity contribution in [2.75, 3.05) is 6.54 Å². The zero-order chi connectivity index (χ0) is 15.7. The quantitative estimate of drug-likeness (QED) is 0.812. The zero-order valence-corrected chi connectivity index (χ0v) is 13.2. The minimum atomic E-state index is -0.501. The minimum Gasteiger partial charge on any atom is -0.444 e. The predicted octanol–water partition coefficient (Wildman–Crippen LogP) is 3.22. The fourth-order valence-electron chi connectivity index (χ4n) is 2.80. The maximum absolute atomic E-state index is 12.6. The van der Waals surface area contributed by atoms with E-state index in [9.17, 15) is 4.79 Å². The molecule has 22 heavy (non-hydrogen) atoms. The third-order valence-corrected chi connectivity index (χ3v) is 3.69. The summed E-state index contributed by atoms with van der Waals surface area (Å²) in [5, 5.41) is 0. The standard InChI is InChI=1S/C17H21N3O2/c1-17(2,3)22-16(21)20-12-11-19-10-4-5-14(19)15(20)13-6-8-18-9-7-13/h4-10,15H,11-12H2,1-3H3. The molecule has 0 saturated heterocycles. The van der Waals surface area contributed by atoms with Crippen LogP contribution in [0.5, 0.6) is 0 Å². The van der Waals surface area contributed by atoms with E-state index in [2.05, 4.69) is 21.8 Å². The summed E-state index contributed by atoms with van der Waals surface area (Å²) in [5.41, 5.74) is 1.64. The molecule has 0 aromatic carbocycles. The first-order valence-electron chi connectivity index (χ1n) is 7.50. The molecule has 0 aliphatic carbocycles. The Morgan fingerprint density at radius 2 is 1.95 bits per heavy atom. The van der Waals surface area contributed by atoms with Crippen molar-refractivity contribution in [3.05, 3.63) is 54.1 Å². The number of hydrogen-bond acceptors (Lipinski definition) is 3. The zero-order valence-electron chi connectivity index (χ0n) is 13.2. The fraction of sp³-hybridized carbons (Fsp3) is 0.412. The maximum Gasteiger partial charge on any atom is 0.411 e. The van der Waals surface area contributed by atoms with Gasteiger partial charge in [0.2, 0.25) is 0 Å². The third-order valence-electron chi connectivity index (χ3n) is 3.69. The van der Waals surface area contributed by atoms with E-state index < -0.39 is 5.60 Å². The summed E-state index contributed by atoms with van der Waals surface area (Å²) in [6.45, 7) is 7.07. The SMILES string of the molecule is CC(C)(C)OC(=O)N1CCn2cccc2C1c1ccncc1. The van der Waals surface area contributed by atoms with E-state index in [0.717, 1.165) is 17.8 Å². The summed E-state index contributed by atoms with van der Waals surface area (Å²) in [5.74, 6) is 0. The number of fused-ring (bicyclic) bond motifs is 1. The molecule has 0 saturated carbocycles. The molecular formula is C17H21N3O2. The van der Waals surface area contributed by atoms with Crippen LogP contribution in [0.4, 0.5) is 4.79 Å². The molecule has 1 aliphatic heterocycles. The molecular weight excluding hydrogens is 278 g/mol. The highest BCUT2D eigenvalue weighted by Crippen LogP contribution is 2.33. The van der Waals surface area contributed by atoms with Crippen molar-refractivity contribution in [3.8, 4) is 0 Å². The average Bonchev–Trinajstić information content (AvgIpc) is 2.93. The van der Waals surface area contributed by atoms with Gasteiger partial charge in [0.1, 0.15) is 11.6 Å². The molecule has 3 rings (SSSR count). The van der Waals surface area contributed by atoms with Crippen molar-refractivity contribution in [1.82, 2.24) is 14.5 Å². The highest BCUT2D eigenvalue weighted by Gasteiger charge is 2.34. The number of amides is 1. The first-order chi connectivity index (χ1) is 10.5. The van der Waals surface area contributed by atoms with Crippen LogP contribution in [0.2, 0.25) is 0 Å². The van der Waals surface area contributed by atoms with E-state index in [1.165, 1.54) is 0 Å². The molecule has 0 radical (unpaired) electrons. The number of carbonyl (C=O) groups is 1. The van der Waals surface area contributed by atoms with Gasteiger partial charge in [-0.1, -0.05) is 0 Å². The number of pyridine rings is 1. The maximum atomic E-state index is 12.6. The van der Waals surface area contributed by atoms with Crippen molar-refractivity contribution in [2.24, 2.45) is 0 Å². The van der Waals surface area contributed by atoms with E-state index in [0.29, 0.717) is 6.54 Å². The first kappa shape index (κ1) is 14.6. The van der Waals surface area contributed by atoms with Crippen LogP contribution in [0.25, 0.3) is 0 Å². The number of rotatable bonds is 1. The second-order valence-corrected chi connectivity index (χ2v) is 6.48. The van der Waals surface area contributed by atoms with Gasteiger partial charge in [-0.25, -0.2) is 4.79 Å². The highest BCUT2D eigenvalue weighted by molar-refractivity contribution is 5.69. The van der Waals surface area contributed by atoms with Gasteiger partial charge in [0, 0.05) is 37.4 Å². The van der Waals surface area contributed by atoms with Gasteiger partial charge in [-0.2, -0.15) is 0 Å². The lowest BCUT2D eigenvalue weighted by Crippen LogP contribution is -2.44. The third kappa shape index (κ3) is 2.84. The highest BCUT2D eigenvalue weighted by atomic mass is 16.6. The van der Waals surface area contributed by atoms with Gasteiger partial charge in [-0.05, 0) is 50.6 Å². The molecule has 2 aromatic heterocycles. The van der Waals surface area contributed by atoms with Crippen LogP contribution in [-0.4, -0.2) is 32.7 Å². The Labute approximate surface area is 130 Å². The van der Waals surface area contributed by atoms with Crippen LogP contribution in [0.3, 0.4) is 0 Å². The monoisotopic (exact) mass is 299 g/mol. The summed E-state index contributed by atoms with van der Waals surface area (Å²) >= 11 is 0. The molecule has 116 valence electrons. The van der Waals surface area contributed by atoms with E-state index in [-0.39, 0.29) is 12.1 Å². The van der Waals surface area contributed by atoms with Gasteiger partial charge in [0.25, 0.3) is 0 Å². The summed E-state index contributed by atoms with van der Waals surface area (Å²) in [6.07, 6.45) is 5.28. The Morgan fingerprint density at radius 1 is 1.23 bits per heavy atom. The van der Waals surface area contributed by atoms with E-state index in [4.69, 9.17) is 4.74 Å². The van der Waals surface area contributed by atoms with E-state index >= 15 is 0 Å². The van der Waals surface area contributed by atoms with Crippen LogP contribution in [-0.2, 0) is 11.3 Å². The molecule has 1 unspecified atom stereocenters. The molecule has 0 bridgehead atoms. The summed E-state index contributed by atoms with van der Waals surface area (Å²) in [4.78, 5) is 18.5. The Morgan fingerprint density at radius 3 is 2.64 bits per heavy atom. The van der Waals surface area contributed by atoms with Crippen molar-refractivity contribution in [2.45, 2.75) is 39.0 Å². The molecule has 5 nitrogen and oxygen atoms in total. The molecule has 0 fully saturated rings. The van der Waals surface area contributed by atoms with Crippen LogP contribution < -0.4 is 0 Å². The number of aromatic nitrogens is 2. The summed E-state index contributed by atoms with van der Waals surface area (Å²) in [6, 6.07) is 7.83. The molecule has 5 heteroatoms. The van der Waals surface area contributed by atoms with Crippen molar-refractivity contribution in [3.63, 3.8) is 0 Å². The topological polar surface area (TPSA) is 47.4 Å². The lowest BCUT2D eigenvalue weighted by Gasteiger charge is -2.38. The molecule has 0 N–H and O–H groups in total. The second-order valence-electron chi connectivity index (χ2n) is 6.48. The Bertz CT molecular complexity index is 658. The van der Waals surface area contributed by atoms with Crippen LogP contribution in [0.15, 0.2) is 42.9 Å². The van der Waals surface area contributed by atoms with Gasteiger partial charge in [0.15, 0.2) is 0 Å². The van der Waals surface area contributed by atoms with E-state index in [1.807, 2.05) is 39.0 Å². The van der Waals surface area contributed by atoms with Crippen molar-refractivity contribution < 1.29 is 9.53 Å². The van der Waals surface area contributed by atoms with Crippen LogP contribution >= 0.6 is 0 Å². The first-order valence-corrected chi connectivity index (χ1v) is 7.50. The predicted molar refractivity (Wildman–Crippen MR) is 83.5 cm³/mol. The van der Waals surface area contributed by atoms with Crippen LogP contribution in [0.1, 0.15) is 38.1 Å². The van der Waals surface area contributed by atoms with E-state index in [1.54, 1.807) is 17.3 Å². The van der Waals surface area contributed by atoms with Gasteiger partial charge in [-0.3, -0.25) is 9.88 Å².